The fraction of sp³-hybridized carbons (Fsp3) is 0.400. The lowest BCUT2D eigenvalue weighted by Gasteiger charge is -2.17. The number of aryl methyl sites for hydroxylation is 2. The first-order chi connectivity index (χ1) is 9.52. The van der Waals surface area contributed by atoms with E-state index in [0.29, 0.717) is 11.1 Å². The van der Waals surface area contributed by atoms with Gasteiger partial charge in [-0.15, -0.1) is 0 Å². The highest BCUT2D eigenvalue weighted by molar-refractivity contribution is 6.30. The highest BCUT2D eigenvalue weighted by Crippen LogP contribution is 2.28. The molecule has 1 heterocycles. The van der Waals surface area contributed by atoms with Crippen molar-refractivity contribution >= 4 is 23.2 Å². The summed E-state index contributed by atoms with van der Waals surface area (Å²) in [5.74, 6) is 0.319. The summed E-state index contributed by atoms with van der Waals surface area (Å²) in [6.07, 6.45) is 0.847. The molecule has 1 unspecified atom stereocenters. The van der Waals surface area contributed by atoms with Gasteiger partial charge < -0.3 is 5.32 Å². The molecule has 0 amide bonds. The Balaban J connectivity index is 2.30. The summed E-state index contributed by atoms with van der Waals surface area (Å²) in [5, 5.41) is 9.09. The second-order valence-electron chi connectivity index (χ2n) is 4.99. The van der Waals surface area contributed by atoms with Crippen LogP contribution >= 0.6 is 23.2 Å². The summed E-state index contributed by atoms with van der Waals surface area (Å²) in [6, 6.07) is 8.00. The van der Waals surface area contributed by atoms with E-state index in [9.17, 15) is 0 Å². The molecule has 20 heavy (non-hydrogen) atoms. The van der Waals surface area contributed by atoms with E-state index < -0.39 is 0 Å². The van der Waals surface area contributed by atoms with Crippen molar-refractivity contribution in [1.29, 1.82) is 0 Å². The van der Waals surface area contributed by atoms with Crippen molar-refractivity contribution in [3.05, 3.63) is 51.3 Å². The molecule has 0 saturated carbocycles. The maximum atomic E-state index is 6.33. The number of rotatable bonds is 5. The smallest absolute Gasteiger partial charge is 0.130 e. The summed E-state index contributed by atoms with van der Waals surface area (Å²) < 4.78 is 1.72. The standard InChI is InChI=1S/C15H19Cl2N3/c1-10-14(15(17)20(3)19-10)8-12(9-18-2)11-5-4-6-13(16)7-11/h4-7,12,18H,8-9H2,1-3H3. The van der Waals surface area contributed by atoms with Gasteiger partial charge in [-0.2, -0.15) is 5.10 Å². The molecule has 2 aromatic rings. The summed E-state index contributed by atoms with van der Waals surface area (Å²) in [5.41, 5.74) is 3.31. The molecule has 0 aliphatic rings. The highest BCUT2D eigenvalue weighted by Gasteiger charge is 2.18. The van der Waals surface area contributed by atoms with E-state index in [1.165, 1.54) is 5.56 Å². The van der Waals surface area contributed by atoms with Crippen LogP contribution in [-0.4, -0.2) is 23.4 Å². The van der Waals surface area contributed by atoms with Gasteiger partial charge in [0.25, 0.3) is 0 Å². The number of hydrogen-bond donors (Lipinski definition) is 1. The Kier molecular flexibility index (Phi) is 5.08. The van der Waals surface area contributed by atoms with Crippen molar-refractivity contribution in [2.24, 2.45) is 7.05 Å². The zero-order valence-corrected chi connectivity index (χ0v) is 13.5. The second-order valence-corrected chi connectivity index (χ2v) is 5.79. The number of nitrogens with one attached hydrogen (secondary N) is 1. The Hall–Kier alpha value is -1.03. The molecule has 0 fully saturated rings. The summed E-state index contributed by atoms with van der Waals surface area (Å²) in [6.45, 7) is 2.86. The van der Waals surface area contributed by atoms with Gasteiger partial charge in [0.15, 0.2) is 0 Å². The van der Waals surface area contributed by atoms with Gasteiger partial charge in [-0.25, -0.2) is 0 Å². The van der Waals surface area contributed by atoms with Crippen LogP contribution in [0.25, 0.3) is 0 Å². The third-order valence-electron chi connectivity index (χ3n) is 3.49. The number of nitrogens with zero attached hydrogens (tertiary/aromatic N) is 2. The largest absolute Gasteiger partial charge is 0.319 e. The quantitative estimate of drug-likeness (QED) is 0.914. The lowest BCUT2D eigenvalue weighted by molar-refractivity contribution is 0.624. The van der Waals surface area contributed by atoms with Gasteiger partial charge >= 0.3 is 0 Å². The van der Waals surface area contributed by atoms with Crippen molar-refractivity contribution in [3.8, 4) is 0 Å². The van der Waals surface area contributed by atoms with Crippen LogP contribution in [0.4, 0.5) is 0 Å². The molecular weight excluding hydrogens is 293 g/mol. The molecule has 0 saturated heterocycles. The van der Waals surface area contributed by atoms with Crippen LogP contribution in [0.3, 0.4) is 0 Å². The minimum atomic E-state index is 0.319. The van der Waals surface area contributed by atoms with Gasteiger partial charge in [-0.3, -0.25) is 4.68 Å². The third-order valence-corrected chi connectivity index (χ3v) is 4.20. The van der Waals surface area contributed by atoms with E-state index >= 15 is 0 Å². The molecule has 0 aliphatic carbocycles. The molecular formula is C15H19Cl2N3. The zero-order chi connectivity index (χ0) is 14.7. The Bertz CT molecular complexity index is 593. The van der Waals surface area contributed by atoms with Gasteiger partial charge in [-0.1, -0.05) is 35.3 Å². The minimum Gasteiger partial charge on any atom is -0.319 e. The molecule has 1 aromatic carbocycles. The van der Waals surface area contributed by atoms with Crippen LogP contribution in [0.1, 0.15) is 22.7 Å². The topological polar surface area (TPSA) is 29.9 Å². The molecule has 1 aromatic heterocycles. The van der Waals surface area contributed by atoms with Gasteiger partial charge in [0.05, 0.1) is 5.69 Å². The van der Waals surface area contributed by atoms with E-state index in [1.54, 1.807) is 4.68 Å². The molecule has 108 valence electrons. The second kappa shape index (κ2) is 6.61. The highest BCUT2D eigenvalue weighted by atomic mass is 35.5. The first-order valence-corrected chi connectivity index (χ1v) is 7.36. The maximum absolute atomic E-state index is 6.33. The van der Waals surface area contributed by atoms with Crippen LogP contribution in [0.5, 0.6) is 0 Å². The number of hydrogen-bond acceptors (Lipinski definition) is 2. The molecule has 0 radical (unpaired) electrons. The van der Waals surface area contributed by atoms with E-state index in [4.69, 9.17) is 23.2 Å². The predicted octanol–water partition coefficient (Wildman–Crippen LogP) is 3.58. The van der Waals surface area contributed by atoms with E-state index in [-0.39, 0.29) is 0 Å². The zero-order valence-electron chi connectivity index (χ0n) is 12.0. The lowest BCUT2D eigenvalue weighted by Crippen LogP contribution is -2.19. The van der Waals surface area contributed by atoms with Gasteiger partial charge in [0, 0.05) is 30.1 Å². The summed E-state index contributed by atoms with van der Waals surface area (Å²) in [7, 11) is 3.82. The Morgan fingerprint density at radius 3 is 2.65 bits per heavy atom. The van der Waals surface area contributed by atoms with Crippen LogP contribution in [0.2, 0.25) is 10.2 Å². The van der Waals surface area contributed by atoms with E-state index in [2.05, 4.69) is 16.5 Å². The number of halogens is 2. The van der Waals surface area contributed by atoms with Crippen LogP contribution in [0, 0.1) is 6.92 Å². The molecule has 3 nitrogen and oxygen atoms in total. The molecule has 0 bridgehead atoms. The Morgan fingerprint density at radius 2 is 2.10 bits per heavy atom. The van der Waals surface area contributed by atoms with Crippen LogP contribution in [-0.2, 0) is 13.5 Å². The fourth-order valence-electron chi connectivity index (χ4n) is 2.47. The van der Waals surface area contributed by atoms with Crippen molar-refractivity contribution < 1.29 is 0 Å². The van der Waals surface area contributed by atoms with Gasteiger partial charge in [0.2, 0.25) is 0 Å². The van der Waals surface area contributed by atoms with E-state index in [1.807, 2.05) is 39.2 Å². The van der Waals surface area contributed by atoms with Crippen LogP contribution < -0.4 is 5.32 Å². The van der Waals surface area contributed by atoms with E-state index in [0.717, 1.165) is 29.2 Å². The van der Waals surface area contributed by atoms with Gasteiger partial charge in [0.1, 0.15) is 5.15 Å². The Morgan fingerprint density at radius 1 is 1.35 bits per heavy atom. The first-order valence-electron chi connectivity index (χ1n) is 6.61. The lowest BCUT2D eigenvalue weighted by atomic mass is 9.92. The molecule has 0 aliphatic heterocycles. The molecule has 5 heteroatoms. The average Bonchev–Trinajstić information content (AvgIpc) is 2.64. The SMILES string of the molecule is CNCC(Cc1c(C)nn(C)c1Cl)c1cccc(Cl)c1. The van der Waals surface area contributed by atoms with Crippen molar-refractivity contribution in [1.82, 2.24) is 15.1 Å². The average molecular weight is 312 g/mol. The normalized spacial score (nSPS) is 12.7. The summed E-state index contributed by atoms with van der Waals surface area (Å²) >= 11 is 12.4. The predicted molar refractivity (Wildman–Crippen MR) is 84.8 cm³/mol. The maximum Gasteiger partial charge on any atom is 0.130 e. The first kappa shape index (κ1) is 15.4. The monoisotopic (exact) mass is 311 g/mol. The van der Waals surface area contributed by atoms with Crippen molar-refractivity contribution in [2.45, 2.75) is 19.3 Å². The molecule has 2 rings (SSSR count). The molecule has 1 atom stereocenters. The van der Waals surface area contributed by atoms with Crippen molar-refractivity contribution in [2.75, 3.05) is 13.6 Å². The molecule has 1 N–H and O–H groups in total. The number of aromatic nitrogens is 2. The number of likely N-dealkylation sites (N-methyl/N-ethyl adjacent to an activating group) is 1. The third kappa shape index (κ3) is 3.35. The van der Waals surface area contributed by atoms with Crippen LogP contribution in [0.15, 0.2) is 24.3 Å². The molecule has 0 spiro atoms. The fourth-order valence-corrected chi connectivity index (χ4v) is 2.92. The van der Waals surface area contributed by atoms with Gasteiger partial charge in [-0.05, 0) is 38.1 Å². The Labute approximate surface area is 129 Å². The van der Waals surface area contributed by atoms with Crippen molar-refractivity contribution in [3.63, 3.8) is 0 Å². The minimum absolute atomic E-state index is 0.319. The number of benzene rings is 1. The summed E-state index contributed by atoms with van der Waals surface area (Å²) in [4.78, 5) is 0.